The molecular weight excluding hydrogens is 440 g/mol. The minimum absolute atomic E-state index is 0.152. The molecule has 4 rings (SSSR count). The van der Waals surface area contributed by atoms with E-state index in [0.717, 1.165) is 70.4 Å². The molecule has 1 fully saturated rings. The molecule has 0 aliphatic carbocycles. The molecule has 2 aromatic rings. The number of benzene rings is 2. The van der Waals surface area contributed by atoms with Gasteiger partial charge in [0.25, 0.3) is 0 Å². The number of carbonyl (C=O) groups is 3. The van der Waals surface area contributed by atoms with E-state index < -0.39 is 0 Å². The van der Waals surface area contributed by atoms with Gasteiger partial charge in [0.2, 0.25) is 5.91 Å². The summed E-state index contributed by atoms with van der Waals surface area (Å²) in [5.74, 6) is 0.601. The van der Waals surface area contributed by atoms with E-state index in [-0.39, 0.29) is 17.7 Å². The minimum atomic E-state index is -0.314. The van der Waals surface area contributed by atoms with Crippen molar-refractivity contribution in [2.24, 2.45) is 5.92 Å². The van der Waals surface area contributed by atoms with Gasteiger partial charge in [0.15, 0.2) is 5.78 Å². The van der Waals surface area contributed by atoms with Gasteiger partial charge < -0.3 is 9.64 Å². The number of methoxy groups -OCH3 is 1. The molecule has 2 heterocycles. The number of hydrogen-bond donors (Lipinski definition) is 0. The fourth-order valence-corrected chi connectivity index (χ4v) is 5.24. The van der Waals surface area contributed by atoms with E-state index >= 15 is 0 Å². The van der Waals surface area contributed by atoms with Crippen LogP contribution in [0, 0.1) is 5.92 Å². The number of likely N-dealkylation sites (tertiary alicyclic amines) is 1. The Morgan fingerprint density at radius 3 is 2.20 bits per heavy atom. The molecule has 2 aromatic carbocycles. The average molecular weight is 477 g/mol. The molecule has 1 saturated heterocycles. The van der Waals surface area contributed by atoms with Crippen LogP contribution in [0.4, 0.5) is 0 Å². The van der Waals surface area contributed by atoms with Gasteiger partial charge >= 0.3 is 5.97 Å². The maximum Gasteiger partial charge on any atom is 0.337 e. The number of rotatable bonds is 7. The highest BCUT2D eigenvalue weighted by molar-refractivity contribution is 5.96. The molecule has 0 atom stereocenters. The predicted molar refractivity (Wildman–Crippen MR) is 135 cm³/mol. The van der Waals surface area contributed by atoms with E-state index in [9.17, 15) is 14.4 Å². The normalized spacial score (nSPS) is 16.9. The molecule has 0 saturated carbocycles. The van der Waals surface area contributed by atoms with Crippen molar-refractivity contribution < 1.29 is 19.1 Å². The second-order valence-corrected chi connectivity index (χ2v) is 9.86. The average Bonchev–Trinajstić information content (AvgIpc) is 3.09. The van der Waals surface area contributed by atoms with Crippen LogP contribution in [0.25, 0.3) is 0 Å². The van der Waals surface area contributed by atoms with Crippen molar-refractivity contribution in [3.8, 4) is 0 Å². The summed E-state index contributed by atoms with van der Waals surface area (Å²) >= 11 is 0. The molecule has 0 N–H and O–H groups in total. The van der Waals surface area contributed by atoms with Gasteiger partial charge in [-0.3, -0.25) is 14.5 Å². The fraction of sp³-hybridized carbons (Fsp3) is 0.483. The second-order valence-electron chi connectivity index (χ2n) is 9.86. The fourth-order valence-electron chi connectivity index (χ4n) is 5.24. The quantitative estimate of drug-likeness (QED) is 0.440. The molecule has 6 nitrogen and oxygen atoms in total. The number of esters is 1. The summed E-state index contributed by atoms with van der Waals surface area (Å²) in [5, 5.41) is 0. The van der Waals surface area contributed by atoms with Crippen LogP contribution in [0.5, 0.6) is 0 Å². The Morgan fingerprint density at radius 1 is 0.886 bits per heavy atom. The van der Waals surface area contributed by atoms with Crippen LogP contribution >= 0.6 is 0 Å². The zero-order chi connectivity index (χ0) is 24.8. The standard InChI is InChI=1S/C29H36N2O4/c1-21(32)31-17-11-22(12-18-31)5-10-28(33)27-9-8-24-13-15-30(16-14-26(24)19-27)20-23-3-6-25(7-4-23)29(34)35-2/h3-4,6-9,19,22H,5,10-18,20H2,1-2H3. The Bertz CT molecular complexity index is 1050. The first kappa shape index (κ1) is 25.1. The topological polar surface area (TPSA) is 66.9 Å². The molecule has 35 heavy (non-hydrogen) atoms. The Labute approximate surface area is 208 Å². The highest BCUT2D eigenvalue weighted by Gasteiger charge is 2.22. The molecule has 0 radical (unpaired) electrons. The Balaban J connectivity index is 1.29. The van der Waals surface area contributed by atoms with Crippen LogP contribution in [0.3, 0.4) is 0 Å². The zero-order valence-electron chi connectivity index (χ0n) is 20.9. The minimum Gasteiger partial charge on any atom is -0.465 e. The number of fused-ring (bicyclic) bond motifs is 1. The number of nitrogens with zero attached hydrogens (tertiary/aromatic N) is 2. The molecule has 0 spiro atoms. The van der Waals surface area contributed by atoms with Crippen molar-refractivity contribution in [2.75, 3.05) is 33.3 Å². The first-order chi connectivity index (χ1) is 16.9. The molecule has 6 heteroatoms. The van der Waals surface area contributed by atoms with Gasteiger partial charge in [-0.05, 0) is 72.9 Å². The lowest BCUT2D eigenvalue weighted by Gasteiger charge is -2.31. The second kappa shape index (κ2) is 11.6. The van der Waals surface area contributed by atoms with Gasteiger partial charge in [-0.1, -0.05) is 24.3 Å². The maximum atomic E-state index is 12.9. The smallest absolute Gasteiger partial charge is 0.337 e. The monoisotopic (exact) mass is 476 g/mol. The van der Waals surface area contributed by atoms with Gasteiger partial charge in [-0.15, -0.1) is 0 Å². The van der Waals surface area contributed by atoms with Gasteiger partial charge in [-0.25, -0.2) is 4.79 Å². The van der Waals surface area contributed by atoms with Crippen LogP contribution < -0.4 is 0 Å². The molecule has 0 aromatic heterocycles. The third-order valence-corrected chi connectivity index (χ3v) is 7.54. The lowest BCUT2D eigenvalue weighted by Crippen LogP contribution is -2.37. The van der Waals surface area contributed by atoms with Crippen LogP contribution in [-0.2, 0) is 28.9 Å². The first-order valence-corrected chi connectivity index (χ1v) is 12.7. The number of Topliss-reactive ketones (excluding diaryl/α,β-unsaturated/α-hetero) is 1. The SMILES string of the molecule is COC(=O)c1ccc(CN2CCc3ccc(C(=O)CCC4CCN(C(C)=O)CC4)cc3CC2)cc1. The Morgan fingerprint density at radius 2 is 1.54 bits per heavy atom. The van der Waals surface area contributed by atoms with Crippen molar-refractivity contribution in [3.05, 3.63) is 70.3 Å². The summed E-state index contributed by atoms with van der Waals surface area (Å²) in [6, 6.07) is 13.9. The van der Waals surface area contributed by atoms with Crippen LogP contribution in [0.1, 0.15) is 70.0 Å². The van der Waals surface area contributed by atoms with E-state index in [2.05, 4.69) is 17.0 Å². The van der Waals surface area contributed by atoms with E-state index in [1.807, 2.05) is 35.2 Å². The summed E-state index contributed by atoms with van der Waals surface area (Å²) in [6.45, 7) is 6.02. The van der Waals surface area contributed by atoms with Gasteiger partial charge in [-0.2, -0.15) is 0 Å². The Kier molecular flexibility index (Phi) is 8.34. The van der Waals surface area contributed by atoms with Crippen molar-refractivity contribution >= 4 is 17.7 Å². The number of carbonyl (C=O) groups excluding carboxylic acids is 3. The summed E-state index contributed by atoms with van der Waals surface area (Å²) in [4.78, 5) is 40.4. The van der Waals surface area contributed by atoms with Crippen molar-refractivity contribution in [2.45, 2.75) is 52.0 Å². The van der Waals surface area contributed by atoms with Gasteiger partial charge in [0.05, 0.1) is 12.7 Å². The molecule has 186 valence electrons. The third-order valence-electron chi connectivity index (χ3n) is 7.54. The zero-order valence-corrected chi connectivity index (χ0v) is 20.9. The molecule has 2 aliphatic heterocycles. The number of ketones is 1. The summed E-state index contributed by atoms with van der Waals surface area (Å²) in [6.07, 6.45) is 5.39. The van der Waals surface area contributed by atoms with Crippen LogP contribution in [0.2, 0.25) is 0 Å². The maximum absolute atomic E-state index is 12.9. The first-order valence-electron chi connectivity index (χ1n) is 12.7. The Hall–Kier alpha value is -2.99. The largest absolute Gasteiger partial charge is 0.465 e. The third kappa shape index (κ3) is 6.57. The molecule has 0 bridgehead atoms. The van der Waals surface area contributed by atoms with Crippen molar-refractivity contribution in [1.82, 2.24) is 9.80 Å². The number of ether oxygens (including phenoxy) is 1. The van der Waals surface area contributed by atoms with E-state index in [4.69, 9.17) is 4.74 Å². The molecular formula is C29H36N2O4. The van der Waals surface area contributed by atoms with Gasteiger partial charge in [0, 0.05) is 51.6 Å². The van der Waals surface area contributed by atoms with E-state index in [1.54, 1.807) is 6.92 Å². The highest BCUT2D eigenvalue weighted by atomic mass is 16.5. The van der Waals surface area contributed by atoms with E-state index in [0.29, 0.717) is 17.9 Å². The predicted octanol–water partition coefficient (Wildman–Crippen LogP) is 4.30. The lowest BCUT2D eigenvalue weighted by molar-refractivity contribution is -0.130. The van der Waals surface area contributed by atoms with Crippen molar-refractivity contribution in [1.29, 1.82) is 0 Å². The highest BCUT2D eigenvalue weighted by Crippen LogP contribution is 2.24. The number of piperidine rings is 1. The summed E-state index contributed by atoms with van der Waals surface area (Å²) in [5.41, 5.74) is 5.19. The molecule has 2 aliphatic rings. The lowest BCUT2D eigenvalue weighted by atomic mass is 9.89. The van der Waals surface area contributed by atoms with E-state index in [1.165, 1.54) is 23.8 Å². The van der Waals surface area contributed by atoms with Crippen LogP contribution in [-0.4, -0.2) is 60.7 Å². The number of hydrogen-bond acceptors (Lipinski definition) is 5. The summed E-state index contributed by atoms with van der Waals surface area (Å²) < 4.78 is 4.78. The van der Waals surface area contributed by atoms with Crippen molar-refractivity contribution in [3.63, 3.8) is 0 Å². The molecule has 1 amide bonds. The summed E-state index contributed by atoms with van der Waals surface area (Å²) in [7, 11) is 1.39. The number of amides is 1. The molecule has 0 unspecified atom stereocenters. The van der Waals surface area contributed by atoms with Crippen LogP contribution in [0.15, 0.2) is 42.5 Å². The van der Waals surface area contributed by atoms with Gasteiger partial charge in [0.1, 0.15) is 0 Å².